The van der Waals surface area contributed by atoms with Gasteiger partial charge < -0.3 is 23.8 Å². The van der Waals surface area contributed by atoms with Crippen molar-refractivity contribution in [1.29, 1.82) is 0 Å². The summed E-state index contributed by atoms with van der Waals surface area (Å²) in [7, 11) is 3.07. The molecule has 0 aliphatic heterocycles. The first-order valence-corrected chi connectivity index (χ1v) is 9.15. The molecule has 7 heteroatoms. The molecule has 1 amide bonds. The average molecular weight is 392 g/mol. The van der Waals surface area contributed by atoms with E-state index in [0.717, 1.165) is 5.39 Å². The minimum atomic E-state index is -0.473. The van der Waals surface area contributed by atoms with Crippen LogP contribution < -0.4 is 20.4 Å². The second kappa shape index (κ2) is 7.35. The van der Waals surface area contributed by atoms with Gasteiger partial charge in [0.05, 0.1) is 30.8 Å². The molecule has 2 aromatic carbocycles. The van der Waals surface area contributed by atoms with Crippen LogP contribution in [0.3, 0.4) is 0 Å². The molecule has 0 spiro atoms. The molecule has 2 aromatic heterocycles. The molecule has 148 valence electrons. The van der Waals surface area contributed by atoms with Crippen LogP contribution in [0.2, 0.25) is 0 Å². The first-order chi connectivity index (χ1) is 14.1. The van der Waals surface area contributed by atoms with Crippen LogP contribution in [-0.2, 0) is 6.54 Å². The summed E-state index contributed by atoms with van der Waals surface area (Å²) in [5, 5.41) is 4.01. The van der Waals surface area contributed by atoms with E-state index in [0.29, 0.717) is 45.9 Å². The number of hydrogen-bond donors (Lipinski definition) is 1. The van der Waals surface area contributed by atoms with Crippen LogP contribution in [0.1, 0.15) is 17.4 Å². The van der Waals surface area contributed by atoms with Gasteiger partial charge in [0, 0.05) is 18.0 Å². The van der Waals surface area contributed by atoms with E-state index in [1.807, 2.05) is 23.6 Å². The standard InChI is InChI=1S/C22H20N2O5/c1-4-24-17(21(25)23-16-11-13(27-2)9-10-19(16)28-3)12-15-20(24)14-7-5-6-8-18(14)29-22(15)26/h5-12H,4H2,1-3H3,(H,23,25). The van der Waals surface area contributed by atoms with Crippen LogP contribution in [0.15, 0.2) is 57.7 Å². The van der Waals surface area contributed by atoms with E-state index in [9.17, 15) is 9.59 Å². The molecule has 0 saturated carbocycles. The Kier molecular flexibility index (Phi) is 4.72. The lowest BCUT2D eigenvalue weighted by molar-refractivity contribution is 0.101. The Labute approximate surface area is 166 Å². The number of benzene rings is 2. The van der Waals surface area contributed by atoms with Gasteiger partial charge in [-0.3, -0.25) is 4.79 Å². The van der Waals surface area contributed by atoms with E-state index < -0.39 is 5.63 Å². The van der Waals surface area contributed by atoms with Crippen LogP contribution in [0.5, 0.6) is 11.5 Å². The molecule has 0 unspecified atom stereocenters. The number of nitrogens with one attached hydrogen (secondary N) is 1. The van der Waals surface area contributed by atoms with E-state index in [2.05, 4.69) is 5.32 Å². The molecule has 4 aromatic rings. The fourth-order valence-electron chi connectivity index (χ4n) is 3.52. The molecule has 0 atom stereocenters. The zero-order valence-corrected chi connectivity index (χ0v) is 16.3. The van der Waals surface area contributed by atoms with E-state index >= 15 is 0 Å². The van der Waals surface area contributed by atoms with Crippen molar-refractivity contribution in [3.8, 4) is 11.5 Å². The summed E-state index contributed by atoms with van der Waals surface area (Å²) >= 11 is 0. The number of fused-ring (bicyclic) bond motifs is 3. The number of para-hydroxylation sites is 1. The highest BCUT2D eigenvalue weighted by atomic mass is 16.5. The van der Waals surface area contributed by atoms with Gasteiger partial charge in [-0.1, -0.05) is 12.1 Å². The summed E-state index contributed by atoms with van der Waals surface area (Å²) in [6, 6.07) is 14.0. The van der Waals surface area contributed by atoms with Crippen molar-refractivity contribution in [3.05, 3.63) is 64.6 Å². The molecule has 0 radical (unpaired) electrons. The fourth-order valence-corrected chi connectivity index (χ4v) is 3.52. The maximum Gasteiger partial charge on any atom is 0.345 e. The Morgan fingerprint density at radius 2 is 1.86 bits per heavy atom. The number of amides is 1. The molecular weight excluding hydrogens is 372 g/mol. The molecular formula is C22H20N2O5. The summed E-state index contributed by atoms with van der Waals surface area (Å²) in [6.07, 6.45) is 0. The van der Waals surface area contributed by atoms with Crippen molar-refractivity contribution >= 4 is 33.5 Å². The van der Waals surface area contributed by atoms with E-state index in [1.165, 1.54) is 7.11 Å². The molecule has 0 bridgehead atoms. The highest BCUT2D eigenvalue weighted by molar-refractivity contribution is 6.11. The number of hydrogen-bond acceptors (Lipinski definition) is 5. The van der Waals surface area contributed by atoms with Gasteiger partial charge >= 0.3 is 5.63 Å². The van der Waals surface area contributed by atoms with Gasteiger partial charge in [-0.05, 0) is 37.3 Å². The SMILES string of the molecule is CCn1c(C(=O)Nc2cc(OC)ccc2OC)cc2c(=O)oc3ccccc3c21. The van der Waals surface area contributed by atoms with Gasteiger partial charge in [-0.25, -0.2) is 4.79 Å². The normalized spacial score (nSPS) is 11.0. The van der Waals surface area contributed by atoms with Gasteiger partial charge in [-0.2, -0.15) is 0 Å². The van der Waals surface area contributed by atoms with Crippen LogP contribution in [0, 0.1) is 0 Å². The van der Waals surface area contributed by atoms with Crippen molar-refractivity contribution in [2.45, 2.75) is 13.5 Å². The van der Waals surface area contributed by atoms with Crippen molar-refractivity contribution in [3.63, 3.8) is 0 Å². The van der Waals surface area contributed by atoms with Crippen LogP contribution in [0.25, 0.3) is 21.9 Å². The lowest BCUT2D eigenvalue weighted by Crippen LogP contribution is -2.17. The monoisotopic (exact) mass is 392 g/mol. The van der Waals surface area contributed by atoms with Crippen molar-refractivity contribution < 1.29 is 18.7 Å². The molecule has 0 fully saturated rings. The lowest BCUT2D eigenvalue weighted by Gasteiger charge is -2.13. The van der Waals surface area contributed by atoms with E-state index in [-0.39, 0.29) is 5.91 Å². The van der Waals surface area contributed by atoms with Gasteiger partial charge in [0.2, 0.25) is 0 Å². The minimum absolute atomic E-state index is 0.357. The minimum Gasteiger partial charge on any atom is -0.497 e. The van der Waals surface area contributed by atoms with E-state index in [4.69, 9.17) is 13.9 Å². The topological polar surface area (TPSA) is 82.7 Å². The summed E-state index contributed by atoms with van der Waals surface area (Å²) in [4.78, 5) is 25.6. The molecule has 1 N–H and O–H groups in total. The third-order valence-electron chi connectivity index (χ3n) is 4.87. The smallest absolute Gasteiger partial charge is 0.345 e. The second-order valence-electron chi connectivity index (χ2n) is 6.44. The maximum absolute atomic E-state index is 13.1. The Morgan fingerprint density at radius 1 is 1.07 bits per heavy atom. The highest BCUT2D eigenvalue weighted by Crippen LogP contribution is 2.31. The predicted octanol–water partition coefficient (Wildman–Crippen LogP) is 4.04. The maximum atomic E-state index is 13.1. The van der Waals surface area contributed by atoms with Gasteiger partial charge in [0.15, 0.2) is 0 Å². The number of nitrogens with zero attached hydrogens (tertiary/aromatic N) is 1. The summed E-state index contributed by atoms with van der Waals surface area (Å²) in [5.41, 5.74) is 1.53. The second-order valence-corrected chi connectivity index (χ2v) is 6.44. The van der Waals surface area contributed by atoms with Crippen LogP contribution >= 0.6 is 0 Å². The highest BCUT2D eigenvalue weighted by Gasteiger charge is 2.21. The molecule has 4 rings (SSSR count). The zero-order chi connectivity index (χ0) is 20.5. The van der Waals surface area contributed by atoms with E-state index in [1.54, 1.807) is 43.5 Å². The molecule has 29 heavy (non-hydrogen) atoms. The van der Waals surface area contributed by atoms with Gasteiger partial charge in [0.25, 0.3) is 5.91 Å². The quantitative estimate of drug-likeness (QED) is 0.519. The number of carbonyl (C=O) groups excluding carboxylic acids is 1. The van der Waals surface area contributed by atoms with Gasteiger partial charge in [-0.15, -0.1) is 0 Å². The number of aromatic nitrogens is 1. The van der Waals surface area contributed by atoms with Crippen molar-refractivity contribution in [1.82, 2.24) is 4.57 Å². The van der Waals surface area contributed by atoms with Crippen LogP contribution in [0.4, 0.5) is 5.69 Å². The summed E-state index contributed by atoms with van der Waals surface area (Å²) in [6.45, 7) is 2.43. The third-order valence-corrected chi connectivity index (χ3v) is 4.87. The van der Waals surface area contributed by atoms with Crippen molar-refractivity contribution in [2.24, 2.45) is 0 Å². The number of carbonyl (C=O) groups is 1. The number of anilines is 1. The zero-order valence-electron chi connectivity index (χ0n) is 16.3. The average Bonchev–Trinajstić information content (AvgIpc) is 3.14. The Hall–Kier alpha value is -3.74. The Bertz CT molecular complexity index is 1290. The Morgan fingerprint density at radius 3 is 2.59 bits per heavy atom. The van der Waals surface area contributed by atoms with Crippen LogP contribution in [-0.4, -0.2) is 24.7 Å². The first kappa shape index (κ1) is 18.6. The predicted molar refractivity (Wildman–Crippen MR) is 111 cm³/mol. The lowest BCUT2D eigenvalue weighted by atomic mass is 10.2. The first-order valence-electron chi connectivity index (χ1n) is 9.15. The summed E-state index contributed by atoms with van der Waals surface area (Å²) in [5.74, 6) is 0.727. The van der Waals surface area contributed by atoms with Crippen molar-refractivity contribution in [2.75, 3.05) is 19.5 Å². The summed E-state index contributed by atoms with van der Waals surface area (Å²) < 4.78 is 17.8. The largest absolute Gasteiger partial charge is 0.497 e. The molecule has 7 nitrogen and oxygen atoms in total. The molecule has 0 aliphatic carbocycles. The number of rotatable bonds is 5. The Balaban J connectivity index is 1.86. The number of ether oxygens (including phenoxy) is 2. The number of methoxy groups -OCH3 is 2. The molecule has 0 saturated heterocycles. The molecule has 2 heterocycles. The van der Waals surface area contributed by atoms with Gasteiger partial charge in [0.1, 0.15) is 22.8 Å². The molecule has 0 aliphatic rings. The third kappa shape index (κ3) is 3.10. The number of aryl methyl sites for hydroxylation is 1. The fraction of sp³-hybridized carbons (Fsp3) is 0.182.